The van der Waals surface area contributed by atoms with Gasteiger partial charge in [0.15, 0.2) is 0 Å². The molecule has 1 unspecified atom stereocenters. The van der Waals surface area contributed by atoms with Crippen molar-refractivity contribution in [3.05, 3.63) is 28.2 Å². The summed E-state index contributed by atoms with van der Waals surface area (Å²) in [6.45, 7) is 6.03. The largest absolute Gasteiger partial charge is 0.444 e. The molecule has 1 amide bonds. The summed E-state index contributed by atoms with van der Waals surface area (Å²) < 4.78 is 73.2. The first-order valence-corrected chi connectivity index (χ1v) is 10.7. The van der Waals surface area contributed by atoms with Crippen LogP contribution in [0.15, 0.2) is 26.1 Å². The summed E-state index contributed by atoms with van der Waals surface area (Å²) >= 11 is 3.12. The Labute approximate surface area is 187 Å². The fourth-order valence-corrected chi connectivity index (χ4v) is 3.10. The van der Waals surface area contributed by atoms with E-state index in [2.05, 4.69) is 35.6 Å². The molecule has 1 rings (SSSR count). The molecule has 8 nitrogen and oxygen atoms in total. The fourth-order valence-electron chi connectivity index (χ4n) is 2.06. The van der Waals surface area contributed by atoms with Gasteiger partial charge in [0.05, 0.1) is 0 Å². The molecule has 1 aromatic heterocycles. The Bertz CT molecular complexity index is 925. The van der Waals surface area contributed by atoms with Crippen LogP contribution in [0.25, 0.3) is 0 Å². The summed E-state index contributed by atoms with van der Waals surface area (Å²) in [6.07, 6.45) is -5.67. The molecule has 1 N–H and O–H groups in total. The van der Waals surface area contributed by atoms with Gasteiger partial charge in [-0.2, -0.15) is 13.2 Å². The SMILES string of the molecule is CN(/C(=N\C(C)(C)c1nc(Br)ccc1F)NC(=O)OC(C)(C)C)/[SH](=O)=N\CC(F)(F)F. The number of alkyl carbamates (subject to hydrolysis) is 1. The maximum Gasteiger partial charge on any atom is 0.414 e. The molecular weight excluding hydrogens is 510 g/mol. The summed E-state index contributed by atoms with van der Waals surface area (Å²) in [5.41, 5.74) is -2.45. The minimum absolute atomic E-state index is 0.124. The van der Waals surface area contributed by atoms with Crippen molar-refractivity contribution in [1.29, 1.82) is 0 Å². The zero-order valence-electron chi connectivity index (χ0n) is 17.7. The molecule has 31 heavy (non-hydrogen) atoms. The first-order chi connectivity index (χ1) is 13.9. The van der Waals surface area contributed by atoms with Crippen LogP contribution in [-0.2, 0) is 21.1 Å². The van der Waals surface area contributed by atoms with Gasteiger partial charge in [-0.1, -0.05) is 0 Å². The zero-order chi connectivity index (χ0) is 24.2. The average molecular weight is 534 g/mol. The monoisotopic (exact) mass is 533 g/mol. The van der Waals surface area contributed by atoms with Crippen molar-refractivity contribution < 1.29 is 31.3 Å². The van der Waals surface area contributed by atoms with E-state index in [9.17, 15) is 26.6 Å². The molecule has 0 spiro atoms. The fraction of sp³-hybridized carbons (Fsp3) is 0.588. The van der Waals surface area contributed by atoms with Crippen LogP contribution in [0.2, 0.25) is 0 Å². The number of carbonyl (C=O) groups is 1. The van der Waals surface area contributed by atoms with E-state index in [1.807, 2.05) is 0 Å². The molecule has 0 aliphatic carbocycles. The van der Waals surface area contributed by atoms with Crippen LogP contribution in [0.1, 0.15) is 40.3 Å². The van der Waals surface area contributed by atoms with Gasteiger partial charge >= 0.3 is 12.3 Å². The third kappa shape index (κ3) is 9.37. The van der Waals surface area contributed by atoms with E-state index in [0.29, 0.717) is 4.60 Å². The number of halogens is 5. The van der Waals surface area contributed by atoms with E-state index in [4.69, 9.17) is 4.74 Å². The van der Waals surface area contributed by atoms with Gasteiger partial charge < -0.3 is 4.74 Å². The van der Waals surface area contributed by atoms with Gasteiger partial charge in [0, 0.05) is 7.05 Å². The van der Waals surface area contributed by atoms with Gasteiger partial charge in [0.25, 0.3) is 0 Å². The van der Waals surface area contributed by atoms with E-state index in [0.717, 1.165) is 17.4 Å². The maximum absolute atomic E-state index is 14.3. The number of carbonyl (C=O) groups excluding carboxylic acids is 1. The summed E-state index contributed by atoms with van der Waals surface area (Å²) in [5, 5.41) is 2.24. The van der Waals surface area contributed by atoms with Crippen LogP contribution in [-0.4, -0.2) is 50.9 Å². The first-order valence-electron chi connectivity index (χ1n) is 8.79. The van der Waals surface area contributed by atoms with Crippen LogP contribution in [0.3, 0.4) is 0 Å². The first kappa shape index (κ1) is 27.1. The number of alkyl halides is 3. The van der Waals surface area contributed by atoms with Crippen molar-refractivity contribution in [1.82, 2.24) is 14.6 Å². The molecule has 0 aliphatic rings. The lowest BCUT2D eigenvalue weighted by atomic mass is 10.0. The van der Waals surface area contributed by atoms with E-state index in [1.165, 1.54) is 19.9 Å². The standard InChI is InChI=1S/C17H24BrF4N5O3S/c1-15(2,3)30-14(28)25-13(27(6)31(29)23-9-17(20,21)22)26-16(4,5)12-10(19)7-8-11(18)24-12/h7-8,31H,9H2,1-6H3,(H,25,26,28). The Kier molecular flexibility index (Phi) is 8.83. The van der Waals surface area contributed by atoms with Crippen LogP contribution in [0.5, 0.6) is 0 Å². The number of hydrogen-bond donors (Lipinski definition) is 2. The predicted molar refractivity (Wildman–Crippen MR) is 112 cm³/mol. The number of hydrogen-bond acceptors (Lipinski definition) is 6. The summed E-state index contributed by atoms with van der Waals surface area (Å²) in [6, 6.07) is 2.52. The van der Waals surface area contributed by atoms with Crippen molar-refractivity contribution in [3.8, 4) is 0 Å². The second-order valence-corrected chi connectivity index (χ2v) is 9.98. The topological polar surface area (TPSA) is 96.3 Å². The van der Waals surface area contributed by atoms with E-state index in [-0.39, 0.29) is 5.69 Å². The number of nitrogens with one attached hydrogen (secondary N) is 1. The molecule has 0 aromatic carbocycles. The Morgan fingerprint density at radius 2 is 1.84 bits per heavy atom. The van der Waals surface area contributed by atoms with Crippen molar-refractivity contribution in [2.24, 2.45) is 9.36 Å². The van der Waals surface area contributed by atoms with Gasteiger partial charge in [-0.15, -0.1) is 0 Å². The number of amides is 1. The molecule has 1 atom stereocenters. The molecule has 176 valence electrons. The van der Waals surface area contributed by atoms with Crippen LogP contribution in [0, 0.1) is 5.82 Å². The number of ether oxygens (including phenoxy) is 1. The van der Waals surface area contributed by atoms with Crippen LogP contribution in [0.4, 0.5) is 22.4 Å². The number of nitrogens with zero attached hydrogens (tertiary/aromatic N) is 4. The van der Waals surface area contributed by atoms with Crippen molar-refractivity contribution in [2.75, 3.05) is 13.6 Å². The Morgan fingerprint density at radius 3 is 2.35 bits per heavy atom. The van der Waals surface area contributed by atoms with E-state index >= 15 is 0 Å². The summed E-state index contributed by atoms with van der Waals surface area (Å²) in [4.78, 5) is 20.4. The minimum Gasteiger partial charge on any atom is -0.444 e. The Hall–Kier alpha value is -1.96. The van der Waals surface area contributed by atoms with Gasteiger partial charge in [-0.05, 0) is 62.7 Å². The molecule has 0 aliphatic heterocycles. The zero-order valence-corrected chi connectivity index (χ0v) is 20.2. The van der Waals surface area contributed by atoms with E-state index in [1.54, 1.807) is 20.8 Å². The lowest BCUT2D eigenvalue weighted by Crippen LogP contribution is -2.45. The third-order valence-electron chi connectivity index (χ3n) is 3.32. The minimum atomic E-state index is -4.66. The van der Waals surface area contributed by atoms with Crippen LogP contribution >= 0.6 is 15.9 Å². The molecular formula is C17H24BrF4N5O3S. The number of pyridine rings is 1. The van der Waals surface area contributed by atoms with Crippen molar-refractivity contribution in [3.63, 3.8) is 0 Å². The molecule has 0 radical (unpaired) electrons. The number of aromatic nitrogens is 1. The van der Waals surface area contributed by atoms with Crippen molar-refractivity contribution in [2.45, 2.75) is 51.9 Å². The Balaban J connectivity index is 3.42. The lowest BCUT2D eigenvalue weighted by Gasteiger charge is -2.26. The number of aliphatic imine (C=N–C) groups is 1. The molecule has 14 heteroatoms. The van der Waals surface area contributed by atoms with E-state index < -0.39 is 52.5 Å². The second kappa shape index (κ2) is 10.1. The Morgan fingerprint density at radius 1 is 1.26 bits per heavy atom. The molecule has 0 fully saturated rings. The van der Waals surface area contributed by atoms with Gasteiger partial charge in [0.1, 0.15) is 44.6 Å². The summed E-state index contributed by atoms with van der Waals surface area (Å²) in [7, 11) is -1.86. The number of guanidine groups is 1. The highest BCUT2D eigenvalue weighted by Gasteiger charge is 2.30. The average Bonchev–Trinajstić information content (AvgIpc) is 2.57. The smallest absolute Gasteiger partial charge is 0.414 e. The second-order valence-electron chi connectivity index (χ2n) is 7.78. The normalized spacial score (nSPS) is 14.4. The van der Waals surface area contributed by atoms with Gasteiger partial charge in [0.2, 0.25) is 5.96 Å². The van der Waals surface area contributed by atoms with Gasteiger partial charge in [-0.3, -0.25) is 9.62 Å². The molecule has 0 saturated heterocycles. The quantitative estimate of drug-likeness (QED) is 0.199. The predicted octanol–water partition coefficient (Wildman–Crippen LogP) is 4.17. The highest BCUT2D eigenvalue weighted by molar-refractivity contribution is 9.10. The highest BCUT2D eigenvalue weighted by atomic mass is 79.9. The number of thiol groups is 1. The van der Waals surface area contributed by atoms with Crippen molar-refractivity contribution >= 4 is 38.8 Å². The lowest BCUT2D eigenvalue weighted by molar-refractivity contribution is -0.117. The molecule has 1 aromatic rings. The van der Waals surface area contributed by atoms with Crippen LogP contribution < -0.4 is 5.32 Å². The molecule has 0 bridgehead atoms. The summed E-state index contributed by atoms with van der Waals surface area (Å²) in [5.74, 6) is -1.14. The molecule has 0 saturated carbocycles. The third-order valence-corrected chi connectivity index (χ3v) is 4.85. The molecule has 1 heterocycles. The maximum atomic E-state index is 14.3. The number of rotatable bonds is 4. The highest BCUT2D eigenvalue weighted by Crippen LogP contribution is 2.27. The van der Waals surface area contributed by atoms with Gasteiger partial charge in [-0.25, -0.2) is 27.7 Å².